The average Bonchev–Trinajstić information content (AvgIpc) is 3.36. The summed E-state index contributed by atoms with van der Waals surface area (Å²) in [6, 6.07) is 11.5. The van der Waals surface area contributed by atoms with Gasteiger partial charge < -0.3 is 14.4 Å². The average molecular weight is 391 g/mol. The second kappa shape index (κ2) is 7.67. The number of hydrogen-bond donors (Lipinski definition) is 1. The van der Waals surface area contributed by atoms with Crippen molar-refractivity contribution in [2.45, 2.75) is 20.4 Å². The SMILES string of the molecule is Cc1cccc(NC(=O)Cn2cnc(-c3noc(-c4ccc(F)cc4)n3)c2)c1C. The lowest BCUT2D eigenvalue weighted by Gasteiger charge is -2.10. The highest BCUT2D eigenvalue weighted by atomic mass is 19.1. The van der Waals surface area contributed by atoms with Crippen LogP contribution in [0.2, 0.25) is 0 Å². The summed E-state index contributed by atoms with van der Waals surface area (Å²) in [5.74, 6) is 0.0503. The van der Waals surface area contributed by atoms with Crippen molar-refractivity contribution in [3.05, 3.63) is 71.9 Å². The van der Waals surface area contributed by atoms with Crippen LogP contribution in [-0.2, 0) is 11.3 Å². The van der Waals surface area contributed by atoms with Crippen LogP contribution in [-0.4, -0.2) is 25.6 Å². The number of amides is 1. The summed E-state index contributed by atoms with van der Waals surface area (Å²) in [6.07, 6.45) is 3.20. The van der Waals surface area contributed by atoms with Crippen molar-refractivity contribution >= 4 is 11.6 Å². The molecule has 2 aromatic carbocycles. The van der Waals surface area contributed by atoms with E-state index in [1.165, 1.54) is 18.5 Å². The lowest BCUT2D eigenvalue weighted by Crippen LogP contribution is -2.18. The molecule has 1 amide bonds. The minimum Gasteiger partial charge on any atom is -0.334 e. The van der Waals surface area contributed by atoms with Gasteiger partial charge in [0.25, 0.3) is 5.89 Å². The molecule has 0 saturated carbocycles. The predicted octanol–water partition coefficient (Wildman–Crippen LogP) is 3.99. The second-order valence-electron chi connectivity index (χ2n) is 6.66. The van der Waals surface area contributed by atoms with Crippen molar-refractivity contribution in [1.82, 2.24) is 19.7 Å². The lowest BCUT2D eigenvalue weighted by atomic mass is 10.1. The lowest BCUT2D eigenvalue weighted by molar-refractivity contribution is -0.116. The topological polar surface area (TPSA) is 85.8 Å². The molecule has 29 heavy (non-hydrogen) atoms. The summed E-state index contributed by atoms with van der Waals surface area (Å²) in [5, 5.41) is 6.82. The number of imidazole rings is 1. The molecule has 0 radical (unpaired) electrons. The van der Waals surface area contributed by atoms with Gasteiger partial charge in [-0.15, -0.1) is 0 Å². The van der Waals surface area contributed by atoms with E-state index in [9.17, 15) is 9.18 Å². The Kier molecular flexibility index (Phi) is 4.90. The first-order chi connectivity index (χ1) is 14.0. The van der Waals surface area contributed by atoms with E-state index < -0.39 is 0 Å². The molecule has 7 nitrogen and oxygen atoms in total. The third-order valence-corrected chi connectivity index (χ3v) is 4.58. The van der Waals surface area contributed by atoms with Gasteiger partial charge in [-0.2, -0.15) is 4.98 Å². The molecule has 0 aliphatic heterocycles. The highest BCUT2D eigenvalue weighted by Gasteiger charge is 2.14. The molecule has 0 spiro atoms. The summed E-state index contributed by atoms with van der Waals surface area (Å²) in [4.78, 5) is 20.9. The Morgan fingerprint density at radius 3 is 2.76 bits per heavy atom. The van der Waals surface area contributed by atoms with Crippen LogP contribution in [0.5, 0.6) is 0 Å². The number of anilines is 1. The van der Waals surface area contributed by atoms with Crippen LogP contribution in [0, 0.1) is 19.7 Å². The number of carbonyl (C=O) groups is 1. The Morgan fingerprint density at radius 1 is 1.17 bits per heavy atom. The summed E-state index contributed by atoms with van der Waals surface area (Å²) in [5.41, 5.74) is 4.02. The molecule has 1 N–H and O–H groups in total. The van der Waals surface area contributed by atoms with Crippen LogP contribution in [0.15, 0.2) is 59.5 Å². The summed E-state index contributed by atoms with van der Waals surface area (Å²) < 4.78 is 19.9. The fourth-order valence-electron chi connectivity index (χ4n) is 2.84. The Balaban J connectivity index is 1.45. The van der Waals surface area contributed by atoms with Gasteiger partial charge in [-0.25, -0.2) is 9.37 Å². The number of hydrogen-bond acceptors (Lipinski definition) is 5. The number of nitrogens with zero attached hydrogens (tertiary/aromatic N) is 4. The van der Waals surface area contributed by atoms with E-state index in [2.05, 4.69) is 20.4 Å². The third-order valence-electron chi connectivity index (χ3n) is 4.58. The van der Waals surface area contributed by atoms with E-state index in [1.807, 2.05) is 32.0 Å². The second-order valence-corrected chi connectivity index (χ2v) is 6.66. The highest BCUT2D eigenvalue weighted by Crippen LogP contribution is 2.22. The van der Waals surface area contributed by atoms with E-state index in [0.717, 1.165) is 16.8 Å². The van der Waals surface area contributed by atoms with Gasteiger partial charge in [0.05, 0.1) is 6.33 Å². The maximum atomic E-state index is 13.0. The quantitative estimate of drug-likeness (QED) is 0.556. The van der Waals surface area contributed by atoms with Crippen molar-refractivity contribution in [1.29, 1.82) is 0 Å². The van der Waals surface area contributed by atoms with Gasteiger partial charge in [0.2, 0.25) is 11.7 Å². The Labute approximate surface area is 166 Å². The fraction of sp³-hybridized carbons (Fsp3) is 0.143. The first kappa shape index (κ1) is 18.5. The number of halogens is 1. The number of aromatic nitrogens is 4. The van der Waals surface area contributed by atoms with Crippen LogP contribution in [0.25, 0.3) is 23.0 Å². The van der Waals surface area contributed by atoms with Gasteiger partial charge in [0.15, 0.2) is 0 Å². The largest absolute Gasteiger partial charge is 0.334 e. The monoisotopic (exact) mass is 391 g/mol. The van der Waals surface area contributed by atoms with E-state index in [-0.39, 0.29) is 30.0 Å². The Morgan fingerprint density at radius 2 is 1.97 bits per heavy atom. The molecule has 0 bridgehead atoms. The van der Waals surface area contributed by atoms with Crippen molar-refractivity contribution in [3.8, 4) is 23.0 Å². The fourth-order valence-corrected chi connectivity index (χ4v) is 2.84. The minimum absolute atomic E-state index is 0.100. The van der Waals surface area contributed by atoms with Crippen LogP contribution in [0.3, 0.4) is 0 Å². The molecule has 4 rings (SSSR count). The van der Waals surface area contributed by atoms with Crippen molar-refractivity contribution in [2.24, 2.45) is 0 Å². The van der Waals surface area contributed by atoms with Crippen molar-refractivity contribution in [3.63, 3.8) is 0 Å². The molecule has 2 heterocycles. The van der Waals surface area contributed by atoms with Gasteiger partial charge in [0.1, 0.15) is 18.1 Å². The maximum absolute atomic E-state index is 13.0. The number of nitrogens with one attached hydrogen (secondary N) is 1. The molecule has 146 valence electrons. The smallest absolute Gasteiger partial charge is 0.258 e. The molecule has 0 atom stereocenters. The molecular formula is C21H18FN5O2. The predicted molar refractivity (Wildman–Crippen MR) is 105 cm³/mol. The third kappa shape index (κ3) is 4.06. The van der Waals surface area contributed by atoms with Gasteiger partial charge in [-0.3, -0.25) is 4.79 Å². The van der Waals surface area contributed by atoms with Gasteiger partial charge in [-0.1, -0.05) is 17.3 Å². The normalized spacial score (nSPS) is 10.9. The van der Waals surface area contributed by atoms with Gasteiger partial charge in [0, 0.05) is 17.4 Å². The summed E-state index contributed by atoms with van der Waals surface area (Å²) in [7, 11) is 0. The minimum atomic E-state index is -0.341. The number of benzene rings is 2. The van der Waals surface area contributed by atoms with Gasteiger partial charge in [-0.05, 0) is 55.3 Å². The molecule has 0 unspecified atom stereocenters. The van der Waals surface area contributed by atoms with Gasteiger partial charge >= 0.3 is 0 Å². The molecule has 4 aromatic rings. The zero-order valence-electron chi connectivity index (χ0n) is 15.9. The van der Waals surface area contributed by atoms with Crippen molar-refractivity contribution in [2.75, 3.05) is 5.32 Å². The molecular weight excluding hydrogens is 373 g/mol. The van der Waals surface area contributed by atoms with Crippen LogP contribution in [0.1, 0.15) is 11.1 Å². The molecule has 0 aliphatic carbocycles. The number of carbonyl (C=O) groups excluding carboxylic acids is 1. The van der Waals surface area contributed by atoms with Crippen molar-refractivity contribution < 1.29 is 13.7 Å². The van der Waals surface area contributed by atoms with E-state index in [1.54, 1.807) is 22.9 Å². The molecule has 0 saturated heterocycles. The standard InChI is InChI=1S/C21H18FN5O2/c1-13-4-3-5-17(14(13)2)24-19(28)11-27-10-18(23-12-27)20-25-21(29-26-20)15-6-8-16(22)9-7-15/h3-10,12H,11H2,1-2H3,(H,24,28). The van der Waals surface area contributed by atoms with Crippen LogP contribution < -0.4 is 5.32 Å². The maximum Gasteiger partial charge on any atom is 0.258 e. The number of aryl methyl sites for hydroxylation is 1. The summed E-state index contributed by atoms with van der Waals surface area (Å²) in [6.45, 7) is 4.07. The van der Waals surface area contributed by atoms with E-state index in [4.69, 9.17) is 4.52 Å². The summed E-state index contributed by atoms with van der Waals surface area (Å²) >= 11 is 0. The van der Waals surface area contributed by atoms with E-state index >= 15 is 0 Å². The zero-order valence-corrected chi connectivity index (χ0v) is 15.9. The number of rotatable bonds is 5. The molecule has 0 fully saturated rings. The Hall–Kier alpha value is -3.81. The molecule has 0 aliphatic rings. The first-order valence-electron chi connectivity index (χ1n) is 8.97. The van der Waals surface area contributed by atoms with Crippen LogP contribution >= 0.6 is 0 Å². The zero-order chi connectivity index (χ0) is 20.4. The highest BCUT2D eigenvalue weighted by molar-refractivity contribution is 5.91. The molecule has 8 heteroatoms. The Bertz CT molecular complexity index is 1160. The van der Waals surface area contributed by atoms with E-state index in [0.29, 0.717) is 11.3 Å². The van der Waals surface area contributed by atoms with Crippen LogP contribution in [0.4, 0.5) is 10.1 Å². The molecule has 2 aromatic heterocycles. The first-order valence-corrected chi connectivity index (χ1v) is 8.97.